The van der Waals surface area contributed by atoms with Crippen LogP contribution in [0.15, 0.2) is 0 Å². The van der Waals surface area contributed by atoms with Crippen molar-refractivity contribution in [3.8, 4) is 0 Å². The molecular weight excluding hydrogens is 212 g/mol. The van der Waals surface area contributed by atoms with Crippen molar-refractivity contribution in [3.63, 3.8) is 0 Å². The van der Waals surface area contributed by atoms with E-state index >= 15 is 0 Å². The summed E-state index contributed by atoms with van der Waals surface area (Å²) in [6, 6.07) is 0. The van der Waals surface area contributed by atoms with Gasteiger partial charge in [-0.3, -0.25) is 0 Å². The van der Waals surface area contributed by atoms with Crippen LogP contribution in [-0.4, -0.2) is 34.3 Å². The Morgan fingerprint density at radius 2 is 1.80 bits per heavy atom. The van der Waals surface area contributed by atoms with E-state index in [-0.39, 0.29) is 11.2 Å². The maximum Gasteiger partial charge on any atom is 0.211 e. The third kappa shape index (κ3) is 7.76. The fourth-order valence-corrected chi connectivity index (χ4v) is 2.68. The number of hydrogen-bond acceptors (Lipinski definition) is 3. The second-order valence-corrected chi connectivity index (χ2v) is 6.61. The van der Waals surface area contributed by atoms with Crippen LogP contribution in [0, 0.1) is 5.41 Å². The van der Waals surface area contributed by atoms with Crippen molar-refractivity contribution < 1.29 is 8.42 Å². The molecule has 0 heterocycles. The van der Waals surface area contributed by atoms with Crippen LogP contribution < -0.4 is 10.0 Å². The Balaban J connectivity index is 4.02. The first-order chi connectivity index (χ1) is 6.83. The minimum Gasteiger partial charge on any atom is -0.319 e. The van der Waals surface area contributed by atoms with E-state index < -0.39 is 10.0 Å². The summed E-state index contributed by atoms with van der Waals surface area (Å²) in [4.78, 5) is 0. The highest BCUT2D eigenvalue weighted by molar-refractivity contribution is 7.89. The van der Waals surface area contributed by atoms with Crippen molar-refractivity contribution in [3.05, 3.63) is 0 Å². The van der Waals surface area contributed by atoms with Crippen molar-refractivity contribution in [2.75, 3.05) is 25.9 Å². The summed E-state index contributed by atoms with van der Waals surface area (Å²) in [6.45, 7) is 7.33. The van der Waals surface area contributed by atoms with Gasteiger partial charge in [0, 0.05) is 13.1 Å². The predicted molar refractivity (Wildman–Crippen MR) is 64.4 cm³/mol. The molecule has 92 valence electrons. The highest BCUT2D eigenvalue weighted by atomic mass is 32.2. The van der Waals surface area contributed by atoms with E-state index in [1.165, 1.54) is 0 Å². The Hall–Kier alpha value is -0.130. The maximum atomic E-state index is 11.5. The topological polar surface area (TPSA) is 58.2 Å². The van der Waals surface area contributed by atoms with Gasteiger partial charge in [0.1, 0.15) is 0 Å². The normalized spacial score (nSPS) is 13.1. The molecule has 0 aliphatic rings. The van der Waals surface area contributed by atoms with Gasteiger partial charge in [0.05, 0.1) is 5.75 Å². The molecule has 0 saturated heterocycles. The first kappa shape index (κ1) is 14.9. The standard InChI is InChI=1S/C10H24N2O2S/c1-5-6-7-15(13,14)12-9-10(2,3)8-11-4/h11-12H,5-9H2,1-4H3. The van der Waals surface area contributed by atoms with Gasteiger partial charge in [0.25, 0.3) is 0 Å². The number of sulfonamides is 1. The molecule has 0 aromatic carbocycles. The lowest BCUT2D eigenvalue weighted by molar-refractivity contribution is 0.350. The quantitative estimate of drug-likeness (QED) is 0.660. The Morgan fingerprint density at radius 3 is 2.27 bits per heavy atom. The zero-order chi connectivity index (χ0) is 11.9. The smallest absolute Gasteiger partial charge is 0.211 e. The molecule has 0 fully saturated rings. The van der Waals surface area contributed by atoms with Crippen LogP contribution in [-0.2, 0) is 10.0 Å². The molecule has 0 aromatic rings. The van der Waals surface area contributed by atoms with Gasteiger partial charge in [-0.2, -0.15) is 0 Å². The molecular formula is C10H24N2O2S. The largest absolute Gasteiger partial charge is 0.319 e. The van der Waals surface area contributed by atoms with Crippen LogP contribution in [0.5, 0.6) is 0 Å². The lowest BCUT2D eigenvalue weighted by Crippen LogP contribution is -2.40. The van der Waals surface area contributed by atoms with Crippen LogP contribution >= 0.6 is 0 Å². The van der Waals surface area contributed by atoms with Gasteiger partial charge in [-0.25, -0.2) is 13.1 Å². The summed E-state index contributed by atoms with van der Waals surface area (Å²) in [5.41, 5.74) is -0.0476. The summed E-state index contributed by atoms with van der Waals surface area (Å²) < 4.78 is 25.7. The molecule has 5 heteroatoms. The SMILES string of the molecule is CCCCS(=O)(=O)NCC(C)(C)CNC. The minimum atomic E-state index is -3.07. The van der Waals surface area contributed by atoms with Crippen LogP contribution in [0.25, 0.3) is 0 Å². The molecule has 0 unspecified atom stereocenters. The lowest BCUT2D eigenvalue weighted by atomic mass is 9.94. The van der Waals surface area contributed by atoms with Gasteiger partial charge in [-0.15, -0.1) is 0 Å². The van der Waals surface area contributed by atoms with E-state index in [0.29, 0.717) is 6.54 Å². The number of rotatable bonds is 8. The third-order valence-corrected chi connectivity index (χ3v) is 3.60. The van der Waals surface area contributed by atoms with Gasteiger partial charge in [-0.1, -0.05) is 27.2 Å². The van der Waals surface area contributed by atoms with Crippen LogP contribution in [0.2, 0.25) is 0 Å². The van der Waals surface area contributed by atoms with Gasteiger partial charge in [0.15, 0.2) is 0 Å². The van der Waals surface area contributed by atoms with Crippen LogP contribution in [0.4, 0.5) is 0 Å². The summed E-state index contributed by atoms with van der Waals surface area (Å²) in [7, 11) is -1.20. The van der Waals surface area contributed by atoms with Crippen molar-refractivity contribution in [2.24, 2.45) is 5.41 Å². The van der Waals surface area contributed by atoms with Gasteiger partial charge < -0.3 is 5.32 Å². The van der Waals surface area contributed by atoms with Crippen LogP contribution in [0.1, 0.15) is 33.6 Å². The van der Waals surface area contributed by atoms with Crippen LogP contribution in [0.3, 0.4) is 0 Å². The molecule has 0 saturated carbocycles. The number of unbranched alkanes of at least 4 members (excludes halogenated alkanes) is 1. The molecule has 0 radical (unpaired) electrons. The molecule has 0 aliphatic heterocycles. The highest BCUT2D eigenvalue weighted by Crippen LogP contribution is 2.11. The Bertz CT molecular complexity index is 261. The summed E-state index contributed by atoms with van der Waals surface area (Å²) in [6.07, 6.45) is 1.63. The van der Waals surface area contributed by atoms with E-state index in [0.717, 1.165) is 19.4 Å². The summed E-state index contributed by atoms with van der Waals surface area (Å²) in [5, 5.41) is 3.05. The van der Waals surface area contributed by atoms with Crippen molar-refractivity contribution in [1.29, 1.82) is 0 Å². The van der Waals surface area contributed by atoms with E-state index in [1.807, 2.05) is 27.8 Å². The zero-order valence-electron chi connectivity index (χ0n) is 10.3. The van der Waals surface area contributed by atoms with E-state index in [9.17, 15) is 8.42 Å². The molecule has 0 spiro atoms. The first-order valence-electron chi connectivity index (χ1n) is 5.45. The number of nitrogens with one attached hydrogen (secondary N) is 2. The minimum absolute atomic E-state index is 0.0476. The van der Waals surface area contributed by atoms with Crippen molar-refractivity contribution in [2.45, 2.75) is 33.6 Å². The van der Waals surface area contributed by atoms with Gasteiger partial charge in [0.2, 0.25) is 10.0 Å². The van der Waals surface area contributed by atoms with E-state index in [2.05, 4.69) is 10.0 Å². The molecule has 0 aliphatic carbocycles. The molecule has 0 atom stereocenters. The lowest BCUT2D eigenvalue weighted by Gasteiger charge is -2.24. The van der Waals surface area contributed by atoms with Crippen molar-refractivity contribution >= 4 is 10.0 Å². The first-order valence-corrected chi connectivity index (χ1v) is 7.10. The molecule has 0 aromatic heterocycles. The molecule has 0 rings (SSSR count). The highest BCUT2D eigenvalue weighted by Gasteiger charge is 2.19. The third-order valence-electron chi connectivity index (χ3n) is 2.19. The zero-order valence-corrected chi connectivity index (χ0v) is 11.1. The molecule has 2 N–H and O–H groups in total. The number of hydrogen-bond donors (Lipinski definition) is 2. The maximum absolute atomic E-state index is 11.5. The van der Waals surface area contributed by atoms with E-state index in [4.69, 9.17) is 0 Å². The molecule has 15 heavy (non-hydrogen) atoms. The fraction of sp³-hybridized carbons (Fsp3) is 1.00. The summed E-state index contributed by atoms with van der Waals surface area (Å²) >= 11 is 0. The molecule has 0 amide bonds. The predicted octanol–water partition coefficient (Wildman–Crippen LogP) is 0.952. The van der Waals surface area contributed by atoms with Gasteiger partial charge in [-0.05, 0) is 18.9 Å². The summed E-state index contributed by atoms with van der Waals surface area (Å²) in [5.74, 6) is 0.235. The van der Waals surface area contributed by atoms with E-state index in [1.54, 1.807) is 0 Å². The second kappa shape index (κ2) is 6.45. The Labute approximate surface area is 93.9 Å². The monoisotopic (exact) mass is 236 g/mol. The van der Waals surface area contributed by atoms with Crippen molar-refractivity contribution in [1.82, 2.24) is 10.0 Å². The average molecular weight is 236 g/mol. The Morgan fingerprint density at radius 1 is 1.20 bits per heavy atom. The Kier molecular flexibility index (Phi) is 6.40. The molecule has 0 bridgehead atoms. The average Bonchev–Trinajstić information content (AvgIpc) is 2.12. The fourth-order valence-electron chi connectivity index (χ4n) is 1.25. The second-order valence-electron chi connectivity index (χ2n) is 4.69. The molecule has 4 nitrogen and oxygen atoms in total. The van der Waals surface area contributed by atoms with Gasteiger partial charge >= 0.3 is 0 Å².